The number of aliphatic carboxylic acids is 1. The smallest absolute Gasteiger partial charge is 0.337 e. The molecule has 1 aromatic rings. The Hall–Kier alpha value is -1.06. The lowest BCUT2D eigenvalue weighted by atomic mass is 9.94. The van der Waals surface area contributed by atoms with Gasteiger partial charge in [-0.3, -0.25) is 0 Å². The van der Waals surface area contributed by atoms with Crippen LogP contribution in [0.15, 0.2) is 18.2 Å². The van der Waals surface area contributed by atoms with E-state index in [9.17, 15) is 9.90 Å². The summed E-state index contributed by atoms with van der Waals surface area (Å²) in [6.07, 6.45) is -1.51. The number of hydrogen-bond donors (Lipinski definition) is 2. The normalized spacial score (nSPS) is 12.9. The molecule has 82 valence electrons. The van der Waals surface area contributed by atoms with Crippen LogP contribution in [-0.2, 0) is 4.79 Å². The van der Waals surface area contributed by atoms with Gasteiger partial charge in [0.15, 0.2) is 6.10 Å². The predicted molar refractivity (Wildman–Crippen MR) is 58.1 cm³/mol. The van der Waals surface area contributed by atoms with Crippen molar-refractivity contribution in [2.75, 3.05) is 0 Å². The SMILES string of the molecule is CC(C)c1ccc(Cl)cc1C(O)C(=O)O. The third-order valence-corrected chi connectivity index (χ3v) is 2.43. The Morgan fingerprint density at radius 3 is 2.40 bits per heavy atom. The van der Waals surface area contributed by atoms with Crippen LogP contribution in [0.1, 0.15) is 37.0 Å². The first-order valence-corrected chi connectivity index (χ1v) is 5.01. The van der Waals surface area contributed by atoms with Gasteiger partial charge < -0.3 is 10.2 Å². The zero-order valence-electron chi connectivity index (χ0n) is 8.57. The molecule has 0 aliphatic rings. The van der Waals surface area contributed by atoms with E-state index in [1.807, 2.05) is 13.8 Å². The van der Waals surface area contributed by atoms with E-state index in [0.717, 1.165) is 5.56 Å². The molecule has 1 unspecified atom stereocenters. The maximum Gasteiger partial charge on any atom is 0.337 e. The molecule has 0 radical (unpaired) electrons. The molecule has 4 heteroatoms. The summed E-state index contributed by atoms with van der Waals surface area (Å²) < 4.78 is 0. The van der Waals surface area contributed by atoms with Crippen LogP contribution >= 0.6 is 11.6 Å². The number of carbonyl (C=O) groups is 1. The zero-order chi connectivity index (χ0) is 11.6. The van der Waals surface area contributed by atoms with E-state index >= 15 is 0 Å². The van der Waals surface area contributed by atoms with Gasteiger partial charge in [-0.1, -0.05) is 31.5 Å². The average Bonchev–Trinajstić information content (AvgIpc) is 2.15. The van der Waals surface area contributed by atoms with Crippen molar-refractivity contribution >= 4 is 17.6 Å². The molecule has 1 aromatic carbocycles. The minimum absolute atomic E-state index is 0.145. The average molecular weight is 229 g/mol. The van der Waals surface area contributed by atoms with Crippen molar-refractivity contribution in [3.05, 3.63) is 34.3 Å². The number of halogens is 1. The Balaban J connectivity index is 3.24. The first-order chi connectivity index (χ1) is 6.93. The van der Waals surface area contributed by atoms with Crippen molar-refractivity contribution in [3.8, 4) is 0 Å². The van der Waals surface area contributed by atoms with Crippen molar-refractivity contribution in [2.24, 2.45) is 0 Å². The van der Waals surface area contributed by atoms with E-state index < -0.39 is 12.1 Å². The molecule has 0 heterocycles. The van der Waals surface area contributed by atoms with Crippen LogP contribution in [-0.4, -0.2) is 16.2 Å². The Morgan fingerprint density at radius 1 is 1.33 bits per heavy atom. The summed E-state index contributed by atoms with van der Waals surface area (Å²) in [7, 11) is 0. The van der Waals surface area contributed by atoms with Crippen molar-refractivity contribution in [1.29, 1.82) is 0 Å². The first-order valence-electron chi connectivity index (χ1n) is 4.63. The Labute approximate surface area is 93.3 Å². The van der Waals surface area contributed by atoms with Gasteiger partial charge in [0.1, 0.15) is 0 Å². The number of rotatable bonds is 3. The lowest BCUT2D eigenvalue weighted by molar-refractivity contribution is -0.147. The molecule has 0 aromatic heterocycles. The third-order valence-electron chi connectivity index (χ3n) is 2.20. The van der Waals surface area contributed by atoms with Crippen LogP contribution in [0.5, 0.6) is 0 Å². The van der Waals surface area contributed by atoms with Gasteiger partial charge in [0, 0.05) is 5.02 Å². The number of aliphatic hydroxyl groups excluding tert-OH is 1. The van der Waals surface area contributed by atoms with Gasteiger partial charge in [0.25, 0.3) is 0 Å². The molecule has 0 aliphatic carbocycles. The van der Waals surface area contributed by atoms with E-state index in [-0.39, 0.29) is 5.92 Å². The van der Waals surface area contributed by atoms with Crippen LogP contribution in [0, 0.1) is 0 Å². The highest BCUT2D eigenvalue weighted by molar-refractivity contribution is 6.30. The molecule has 15 heavy (non-hydrogen) atoms. The van der Waals surface area contributed by atoms with Gasteiger partial charge in [-0.15, -0.1) is 0 Å². The second-order valence-electron chi connectivity index (χ2n) is 3.67. The van der Waals surface area contributed by atoms with E-state index in [4.69, 9.17) is 16.7 Å². The van der Waals surface area contributed by atoms with Gasteiger partial charge in [0.05, 0.1) is 0 Å². The Morgan fingerprint density at radius 2 is 1.93 bits per heavy atom. The largest absolute Gasteiger partial charge is 0.479 e. The van der Waals surface area contributed by atoms with Gasteiger partial charge in [-0.2, -0.15) is 0 Å². The fourth-order valence-corrected chi connectivity index (χ4v) is 1.62. The van der Waals surface area contributed by atoms with Crippen molar-refractivity contribution in [1.82, 2.24) is 0 Å². The van der Waals surface area contributed by atoms with Crippen molar-refractivity contribution in [2.45, 2.75) is 25.9 Å². The first kappa shape index (κ1) is 12.0. The van der Waals surface area contributed by atoms with E-state index in [1.54, 1.807) is 12.1 Å². The molecule has 0 bridgehead atoms. The summed E-state index contributed by atoms with van der Waals surface area (Å²) >= 11 is 5.77. The number of carboxylic acids is 1. The van der Waals surface area contributed by atoms with E-state index in [1.165, 1.54) is 6.07 Å². The van der Waals surface area contributed by atoms with Crippen LogP contribution in [0.3, 0.4) is 0 Å². The molecule has 2 N–H and O–H groups in total. The highest BCUT2D eigenvalue weighted by Gasteiger charge is 2.20. The quantitative estimate of drug-likeness (QED) is 0.836. The fraction of sp³-hybridized carbons (Fsp3) is 0.364. The maximum absolute atomic E-state index is 10.7. The van der Waals surface area contributed by atoms with Gasteiger partial charge >= 0.3 is 5.97 Å². The number of hydrogen-bond acceptors (Lipinski definition) is 2. The molecule has 3 nitrogen and oxygen atoms in total. The molecule has 0 saturated carbocycles. The predicted octanol–water partition coefficient (Wildman–Crippen LogP) is 2.58. The molecular formula is C11H13ClO3. The Bertz CT molecular complexity index is 374. The summed E-state index contributed by atoms with van der Waals surface area (Å²) in [4.78, 5) is 10.7. The van der Waals surface area contributed by atoms with Gasteiger partial charge in [0.2, 0.25) is 0 Å². The summed E-state index contributed by atoms with van der Waals surface area (Å²) in [6.45, 7) is 3.86. The molecule has 0 saturated heterocycles. The number of aliphatic hydroxyl groups is 1. The standard InChI is InChI=1S/C11H13ClO3/c1-6(2)8-4-3-7(12)5-9(8)10(13)11(14)15/h3-6,10,13H,1-2H3,(H,14,15). The van der Waals surface area contributed by atoms with E-state index in [0.29, 0.717) is 10.6 Å². The summed E-state index contributed by atoms with van der Waals surface area (Å²) in [5, 5.41) is 18.7. The molecule has 1 rings (SSSR count). The maximum atomic E-state index is 10.7. The molecule has 0 amide bonds. The van der Waals surface area contributed by atoms with Crippen LogP contribution in [0.25, 0.3) is 0 Å². The lowest BCUT2D eigenvalue weighted by Gasteiger charge is -2.15. The third kappa shape index (κ3) is 2.70. The zero-order valence-corrected chi connectivity index (χ0v) is 9.32. The van der Waals surface area contributed by atoms with Crippen LogP contribution in [0.4, 0.5) is 0 Å². The van der Waals surface area contributed by atoms with Gasteiger partial charge in [-0.25, -0.2) is 4.79 Å². The summed E-state index contributed by atoms with van der Waals surface area (Å²) in [5.41, 5.74) is 1.17. The molecule has 0 spiro atoms. The Kier molecular flexibility index (Phi) is 3.72. The van der Waals surface area contributed by atoms with Crippen LogP contribution < -0.4 is 0 Å². The van der Waals surface area contributed by atoms with E-state index in [2.05, 4.69) is 0 Å². The summed E-state index contributed by atoms with van der Waals surface area (Å²) in [5.74, 6) is -1.12. The monoisotopic (exact) mass is 228 g/mol. The molecule has 1 atom stereocenters. The fourth-order valence-electron chi connectivity index (χ4n) is 1.44. The second-order valence-corrected chi connectivity index (χ2v) is 4.11. The second kappa shape index (κ2) is 4.64. The van der Waals surface area contributed by atoms with Crippen molar-refractivity contribution < 1.29 is 15.0 Å². The van der Waals surface area contributed by atoms with Gasteiger partial charge in [-0.05, 0) is 29.2 Å². The lowest BCUT2D eigenvalue weighted by Crippen LogP contribution is -2.13. The highest BCUT2D eigenvalue weighted by Crippen LogP contribution is 2.28. The minimum Gasteiger partial charge on any atom is -0.479 e. The van der Waals surface area contributed by atoms with Crippen molar-refractivity contribution in [3.63, 3.8) is 0 Å². The number of benzene rings is 1. The minimum atomic E-state index is -1.51. The topological polar surface area (TPSA) is 57.5 Å². The molecule has 0 aliphatic heterocycles. The molecular weight excluding hydrogens is 216 g/mol. The highest BCUT2D eigenvalue weighted by atomic mass is 35.5. The number of carboxylic acid groups (broad SMARTS) is 1. The van der Waals surface area contributed by atoms with Crippen LogP contribution in [0.2, 0.25) is 5.02 Å². The summed E-state index contributed by atoms with van der Waals surface area (Å²) in [6, 6.07) is 4.93. The molecule has 0 fully saturated rings.